The molecule has 2 rings (SSSR count). The molecule has 1 aromatic rings. The van der Waals surface area contributed by atoms with Crippen molar-refractivity contribution < 1.29 is 0 Å². The fourth-order valence-electron chi connectivity index (χ4n) is 3.08. The first-order valence-electron chi connectivity index (χ1n) is 7.68. The molecule has 0 atom stereocenters. The average molecular weight is 264 g/mol. The molecule has 1 aliphatic carbocycles. The first-order valence-corrected chi connectivity index (χ1v) is 7.68. The lowest BCUT2D eigenvalue weighted by Gasteiger charge is -2.36. The number of nitrogens with zero attached hydrogens (tertiary/aromatic N) is 3. The third-order valence-electron chi connectivity index (χ3n) is 4.42. The zero-order chi connectivity index (χ0) is 13.9. The molecule has 108 valence electrons. The van der Waals surface area contributed by atoms with Gasteiger partial charge in [-0.05, 0) is 37.5 Å². The summed E-state index contributed by atoms with van der Waals surface area (Å²) in [6, 6.07) is 0. The van der Waals surface area contributed by atoms with Crippen LogP contribution in [0.25, 0.3) is 0 Å². The molecular formula is C15H28N4. The molecule has 1 aliphatic rings. The monoisotopic (exact) mass is 264 g/mol. The molecule has 0 aromatic carbocycles. The second-order valence-corrected chi connectivity index (χ2v) is 6.64. The molecule has 0 aliphatic heterocycles. The summed E-state index contributed by atoms with van der Waals surface area (Å²) >= 11 is 0. The van der Waals surface area contributed by atoms with Gasteiger partial charge in [-0.3, -0.25) is 0 Å². The van der Waals surface area contributed by atoms with Gasteiger partial charge in [0.05, 0.1) is 0 Å². The Morgan fingerprint density at radius 1 is 1.42 bits per heavy atom. The van der Waals surface area contributed by atoms with Crippen molar-refractivity contribution in [1.82, 2.24) is 14.8 Å². The van der Waals surface area contributed by atoms with Gasteiger partial charge in [0, 0.05) is 18.5 Å². The van der Waals surface area contributed by atoms with E-state index < -0.39 is 0 Å². The Balaban J connectivity index is 1.99. The lowest BCUT2D eigenvalue weighted by atomic mass is 9.74. The summed E-state index contributed by atoms with van der Waals surface area (Å²) in [5, 5.41) is 4.33. The van der Waals surface area contributed by atoms with Crippen LogP contribution in [0.5, 0.6) is 0 Å². The van der Waals surface area contributed by atoms with Gasteiger partial charge in [0.15, 0.2) is 0 Å². The predicted octanol–water partition coefficient (Wildman–Crippen LogP) is 2.77. The smallest absolute Gasteiger partial charge is 0.138 e. The van der Waals surface area contributed by atoms with Crippen LogP contribution in [0.3, 0.4) is 0 Å². The van der Waals surface area contributed by atoms with Crippen molar-refractivity contribution in [3.63, 3.8) is 0 Å². The minimum atomic E-state index is -0.0621. The summed E-state index contributed by atoms with van der Waals surface area (Å²) < 4.78 is 2.03. The maximum Gasteiger partial charge on any atom is 0.138 e. The maximum absolute atomic E-state index is 6.59. The van der Waals surface area contributed by atoms with Crippen LogP contribution in [0.2, 0.25) is 0 Å². The minimum Gasteiger partial charge on any atom is -0.325 e. The minimum absolute atomic E-state index is 0.0621. The highest BCUT2D eigenvalue weighted by molar-refractivity contribution is 5.00. The van der Waals surface area contributed by atoms with Crippen molar-refractivity contribution in [1.29, 1.82) is 0 Å². The lowest BCUT2D eigenvalue weighted by Crippen LogP contribution is -2.46. The number of rotatable bonds is 5. The van der Waals surface area contributed by atoms with Crippen LogP contribution < -0.4 is 5.73 Å². The molecule has 1 heterocycles. The third-order valence-corrected chi connectivity index (χ3v) is 4.42. The molecule has 0 unspecified atom stereocenters. The number of aromatic nitrogens is 3. The topological polar surface area (TPSA) is 56.7 Å². The van der Waals surface area contributed by atoms with Gasteiger partial charge in [0.2, 0.25) is 0 Å². The summed E-state index contributed by atoms with van der Waals surface area (Å²) in [4.78, 5) is 4.42. The highest BCUT2D eigenvalue weighted by atomic mass is 15.3. The molecule has 1 aromatic heterocycles. The summed E-state index contributed by atoms with van der Waals surface area (Å²) in [7, 11) is 0. The van der Waals surface area contributed by atoms with Gasteiger partial charge in [-0.25, -0.2) is 9.67 Å². The van der Waals surface area contributed by atoms with Gasteiger partial charge in [0.25, 0.3) is 0 Å². The van der Waals surface area contributed by atoms with E-state index >= 15 is 0 Å². The summed E-state index contributed by atoms with van der Waals surface area (Å²) in [6.07, 6.45) is 8.62. The van der Waals surface area contributed by atoms with Crippen LogP contribution in [-0.2, 0) is 13.0 Å². The first kappa shape index (κ1) is 14.5. The van der Waals surface area contributed by atoms with Gasteiger partial charge < -0.3 is 5.73 Å². The average Bonchev–Trinajstić information content (AvgIpc) is 2.76. The quantitative estimate of drug-likeness (QED) is 0.889. The largest absolute Gasteiger partial charge is 0.325 e. The van der Waals surface area contributed by atoms with E-state index in [0.717, 1.165) is 37.5 Å². The predicted molar refractivity (Wildman–Crippen MR) is 77.7 cm³/mol. The fraction of sp³-hybridized carbons (Fsp3) is 0.867. The summed E-state index contributed by atoms with van der Waals surface area (Å²) in [5.74, 6) is 2.53. The Kier molecular flexibility index (Phi) is 4.61. The molecule has 0 amide bonds. The van der Waals surface area contributed by atoms with Crippen molar-refractivity contribution in [3.05, 3.63) is 12.2 Å². The van der Waals surface area contributed by atoms with E-state index in [1.165, 1.54) is 19.3 Å². The van der Waals surface area contributed by atoms with Crippen LogP contribution in [0, 0.1) is 11.8 Å². The van der Waals surface area contributed by atoms with Crippen LogP contribution in [0.4, 0.5) is 0 Å². The molecule has 0 radical (unpaired) electrons. The van der Waals surface area contributed by atoms with E-state index in [2.05, 4.69) is 30.9 Å². The van der Waals surface area contributed by atoms with Gasteiger partial charge in [-0.2, -0.15) is 5.10 Å². The summed E-state index contributed by atoms with van der Waals surface area (Å²) in [5.41, 5.74) is 6.52. The van der Waals surface area contributed by atoms with Crippen molar-refractivity contribution in [2.24, 2.45) is 17.6 Å². The highest BCUT2D eigenvalue weighted by Gasteiger charge is 2.32. The van der Waals surface area contributed by atoms with Crippen LogP contribution in [0.15, 0.2) is 6.33 Å². The fourth-order valence-corrected chi connectivity index (χ4v) is 3.08. The highest BCUT2D eigenvalue weighted by Crippen LogP contribution is 2.33. The van der Waals surface area contributed by atoms with E-state index in [-0.39, 0.29) is 5.54 Å². The van der Waals surface area contributed by atoms with E-state index in [9.17, 15) is 0 Å². The Morgan fingerprint density at radius 2 is 2.11 bits per heavy atom. The van der Waals surface area contributed by atoms with Crippen LogP contribution >= 0.6 is 0 Å². The molecule has 4 heteroatoms. The third kappa shape index (κ3) is 3.78. The molecule has 19 heavy (non-hydrogen) atoms. The lowest BCUT2D eigenvalue weighted by molar-refractivity contribution is 0.223. The Morgan fingerprint density at radius 3 is 2.68 bits per heavy atom. The van der Waals surface area contributed by atoms with E-state index in [4.69, 9.17) is 5.73 Å². The second kappa shape index (κ2) is 6.04. The Bertz CT molecular complexity index is 389. The van der Waals surface area contributed by atoms with Crippen LogP contribution in [-0.4, -0.2) is 20.3 Å². The number of hydrogen-bond donors (Lipinski definition) is 1. The maximum atomic E-state index is 6.59. The van der Waals surface area contributed by atoms with Crippen LogP contribution in [0.1, 0.15) is 58.7 Å². The number of nitrogens with two attached hydrogens (primary N) is 1. The summed E-state index contributed by atoms with van der Waals surface area (Å²) in [6.45, 7) is 7.63. The van der Waals surface area contributed by atoms with Gasteiger partial charge in [0.1, 0.15) is 12.2 Å². The van der Waals surface area contributed by atoms with E-state index in [0.29, 0.717) is 5.92 Å². The van der Waals surface area contributed by atoms with Crippen molar-refractivity contribution in [2.75, 3.05) is 0 Å². The molecule has 2 N–H and O–H groups in total. The normalized spacial score (nSPS) is 27.9. The first-order chi connectivity index (χ1) is 9.02. The van der Waals surface area contributed by atoms with Crippen molar-refractivity contribution in [2.45, 2.75) is 71.4 Å². The number of hydrogen-bond acceptors (Lipinski definition) is 3. The van der Waals surface area contributed by atoms with E-state index in [1.807, 2.05) is 4.68 Å². The standard InChI is InChI=1S/C15H28N4/c1-4-13-5-7-15(16,8-6-13)9-14-17-11-18-19(14)10-12(2)3/h11-13H,4-10,16H2,1-3H3. The SMILES string of the molecule is CCC1CCC(N)(Cc2ncnn2CC(C)C)CC1. The van der Waals surface area contributed by atoms with Crippen molar-refractivity contribution in [3.8, 4) is 0 Å². The zero-order valence-electron chi connectivity index (χ0n) is 12.6. The molecular weight excluding hydrogens is 236 g/mol. The van der Waals surface area contributed by atoms with Gasteiger partial charge in [-0.1, -0.05) is 27.2 Å². The Hall–Kier alpha value is -0.900. The molecule has 4 nitrogen and oxygen atoms in total. The molecule has 0 bridgehead atoms. The zero-order valence-corrected chi connectivity index (χ0v) is 12.6. The second-order valence-electron chi connectivity index (χ2n) is 6.64. The molecule has 0 saturated heterocycles. The molecule has 1 saturated carbocycles. The van der Waals surface area contributed by atoms with Crippen molar-refractivity contribution >= 4 is 0 Å². The molecule has 0 spiro atoms. The Labute approximate surface area is 116 Å². The van der Waals surface area contributed by atoms with Gasteiger partial charge in [-0.15, -0.1) is 0 Å². The molecule has 1 fully saturated rings. The van der Waals surface area contributed by atoms with E-state index in [1.54, 1.807) is 6.33 Å². The van der Waals surface area contributed by atoms with Gasteiger partial charge >= 0.3 is 0 Å².